The maximum Gasteiger partial charge on any atom is 0.229 e. The molecule has 2 aromatic heterocycles. The quantitative estimate of drug-likeness (QED) is 0.315. The molecule has 150 valence electrons. The third-order valence-electron chi connectivity index (χ3n) is 4.31. The van der Waals surface area contributed by atoms with E-state index in [9.17, 15) is 4.79 Å². The second kappa shape index (κ2) is 9.19. The van der Waals surface area contributed by atoms with Gasteiger partial charge in [0, 0.05) is 5.56 Å². The number of hydrogen-bond donors (Lipinski definition) is 2. The van der Waals surface area contributed by atoms with Crippen LogP contribution in [0.1, 0.15) is 16.9 Å². The van der Waals surface area contributed by atoms with Crippen molar-refractivity contribution in [2.75, 3.05) is 10.7 Å². The summed E-state index contributed by atoms with van der Waals surface area (Å²) in [5.41, 5.74) is 6.66. The van der Waals surface area contributed by atoms with Gasteiger partial charge in [-0.1, -0.05) is 71.5 Å². The van der Waals surface area contributed by atoms with Gasteiger partial charge in [-0.05, 0) is 24.6 Å². The average Bonchev–Trinajstić information content (AvgIpc) is 3.40. The molecular weight excluding hydrogens is 396 g/mol. The molecule has 4 rings (SSSR count). The van der Waals surface area contributed by atoms with Crippen LogP contribution in [0.25, 0.3) is 11.3 Å². The Morgan fingerprint density at radius 2 is 1.90 bits per heavy atom. The fourth-order valence-electron chi connectivity index (χ4n) is 2.83. The first-order chi connectivity index (χ1) is 14.7. The van der Waals surface area contributed by atoms with E-state index < -0.39 is 0 Å². The van der Waals surface area contributed by atoms with E-state index in [1.807, 2.05) is 61.5 Å². The van der Waals surface area contributed by atoms with Crippen LogP contribution in [0.2, 0.25) is 0 Å². The predicted molar refractivity (Wildman–Crippen MR) is 121 cm³/mol. The Morgan fingerprint density at radius 1 is 1.10 bits per heavy atom. The summed E-state index contributed by atoms with van der Waals surface area (Å²) in [6.45, 7) is 2.03. The zero-order chi connectivity index (χ0) is 20.8. The van der Waals surface area contributed by atoms with E-state index in [-0.39, 0.29) is 5.91 Å². The van der Waals surface area contributed by atoms with Crippen molar-refractivity contribution < 1.29 is 9.21 Å². The molecule has 2 N–H and O–H groups in total. The van der Waals surface area contributed by atoms with Crippen LogP contribution in [0.5, 0.6) is 0 Å². The van der Waals surface area contributed by atoms with Crippen LogP contribution in [0, 0.1) is 6.92 Å². The van der Waals surface area contributed by atoms with E-state index in [1.165, 1.54) is 11.3 Å². The van der Waals surface area contributed by atoms with Crippen LogP contribution >= 0.6 is 11.3 Å². The third kappa shape index (κ3) is 5.01. The van der Waals surface area contributed by atoms with Gasteiger partial charge in [-0.15, -0.1) is 0 Å². The molecule has 0 bridgehead atoms. The van der Waals surface area contributed by atoms with E-state index >= 15 is 0 Å². The van der Waals surface area contributed by atoms with Crippen molar-refractivity contribution in [3.8, 4) is 11.3 Å². The highest BCUT2D eigenvalue weighted by atomic mass is 32.1. The van der Waals surface area contributed by atoms with E-state index in [0.717, 1.165) is 16.7 Å². The Bertz CT molecular complexity index is 1130. The molecular formula is C23H20N4O2S. The van der Waals surface area contributed by atoms with Gasteiger partial charge < -0.3 is 9.73 Å². The van der Waals surface area contributed by atoms with Crippen molar-refractivity contribution in [3.63, 3.8) is 0 Å². The van der Waals surface area contributed by atoms with Crippen molar-refractivity contribution in [2.45, 2.75) is 13.3 Å². The Kier molecular flexibility index (Phi) is 6.01. The molecule has 0 radical (unpaired) electrons. The van der Waals surface area contributed by atoms with Gasteiger partial charge in [0.2, 0.25) is 11.0 Å². The standard InChI is InChI=1S/C23H20N4O2S/c1-16-9-11-18(12-10-16)21-22(25-20(28)14-17-6-3-2-4-7-17)30-23(26-21)27-24-15-19-8-5-13-29-19/h2-13,15H,14H2,1H3,(H,25,28)(H,26,27)/b24-15-. The summed E-state index contributed by atoms with van der Waals surface area (Å²) in [5, 5.41) is 8.41. The second-order valence-corrected chi connectivity index (χ2v) is 7.66. The summed E-state index contributed by atoms with van der Waals surface area (Å²) >= 11 is 1.34. The Labute approximate surface area is 178 Å². The fraction of sp³-hybridized carbons (Fsp3) is 0.0870. The minimum atomic E-state index is -0.0937. The predicted octanol–water partition coefficient (Wildman–Crippen LogP) is 5.34. The molecule has 0 aliphatic heterocycles. The smallest absolute Gasteiger partial charge is 0.229 e. The number of aryl methyl sites for hydroxylation is 1. The number of furan rings is 1. The molecule has 4 aromatic rings. The molecule has 0 saturated carbocycles. The van der Waals surface area contributed by atoms with Crippen molar-refractivity contribution in [1.82, 2.24) is 4.98 Å². The number of hydrazone groups is 1. The molecule has 0 fully saturated rings. The summed E-state index contributed by atoms with van der Waals surface area (Å²) in [5.74, 6) is 0.540. The van der Waals surface area contributed by atoms with E-state index in [2.05, 4.69) is 20.8 Å². The minimum Gasteiger partial charge on any atom is -0.463 e. The number of benzene rings is 2. The summed E-state index contributed by atoms with van der Waals surface area (Å²) in [4.78, 5) is 17.2. The van der Waals surface area contributed by atoms with Crippen molar-refractivity contribution in [3.05, 3.63) is 89.9 Å². The largest absolute Gasteiger partial charge is 0.463 e. The Hall–Kier alpha value is -3.71. The number of nitrogens with zero attached hydrogens (tertiary/aromatic N) is 2. The molecule has 0 spiro atoms. The summed E-state index contributed by atoms with van der Waals surface area (Å²) < 4.78 is 5.23. The van der Waals surface area contributed by atoms with Gasteiger partial charge in [-0.3, -0.25) is 10.2 Å². The van der Waals surface area contributed by atoms with Crippen LogP contribution in [0.4, 0.5) is 10.1 Å². The number of carbonyl (C=O) groups excluding carboxylic acids is 1. The second-order valence-electron chi connectivity index (χ2n) is 6.66. The highest BCUT2D eigenvalue weighted by Gasteiger charge is 2.16. The Balaban J connectivity index is 1.55. The van der Waals surface area contributed by atoms with Crippen molar-refractivity contribution >= 4 is 33.6 Å². The lowest BCUT2D eigenvalue weighted by Gasteiger charge is -2.06. The SMILES string of the molecule is Cc1ccc(-c2nc(N/N=C\c3ccco3)sc2NC(=O)Cc2ccccc2)cc1. The van der Waals surface area contributed by atoms with Gasteiger partial charge in [0.1, 0.15) is 16.5 Å². The molecule has 0 aliphatic rings. The van der Waals surface area contributed by atoms with Crippen LogP contribution in [0.3, 0.4) is 0 Å². The Morgan fingerprint density at radius 3 is 2.63 bits per heavy atom. The van der Waals surface area contributed by atoms with Crippen LogP contribution in [0.15, 0.2) is 82.5 Å². The number of amides is 1. The first-order valence-corrected chi connectivity index (χ1v) is 10.2. The number of nitrogens with one attached hydrogen (secondary N) is 2. The van der Waals surface area contributed by atoms with Gasteiger partial charge in [-0.2, -0.15) is 5.10 Å². The number of rotatable bonds is 7. The average molecular weight is 417 g/mol. The summed E-state index contributed by atoms with van der Waals surface area (Å²) in [7, 11) is 0. The number of thiazole rings is 1. The summed E-state index contributed by atoms with van der Waals surface area (Å²) in [6.07, 6.45) is 3.45. The number of hydrogen-bond acceptors (Lipinski definition) is 6. The normalized spacial score (nSPS) is 11.0. The van der Waals surface area contributed by atoms with Gasteiger partial charge in [-0.25, -0.2) is 4.98 Å². The number of aromatic nitrogens is 1. The molecule has 0 atom stereocenters. The van der Waals surface area contributed by atoms with Crippen LogP contribution in [-0.4, -0.2) is 17.1 Å². The topological polar surface area (TPSA) is 79.5 Å². The molecule has 2 aromatic carbocycles. The molecule has 6 nitrogen and oxygen atoms in total. The van der Waals surface area contributed by atoms with Gasteiger partial charge >= 0.3 is 0 Å². The molecule has 1 amide bonds. The van der Waals surface area contributed by atoms with Crippen LogP contribution in [-0.2, 0) is 11.2 Å². The van der Waals surface area contributed by atoms with Gasteiger partial charge in [0.05, 0.1) is 18.9 Å². The maximum absolute atomic E-state index is 12.6. The lowest BCUT2D eigenvalue weighted by atomic mass is 10.1. The molecule has 7 heteroatoms. The highest BCUT2D eigenvalue weighted by molar-refractivity contribution is 7.20. The highest BCUT2D eigenvalue weighted by Crippen LogP contribution is 2.36. The third-order valence-corrected chi connectivity index (χ3v) is 5.18. The van der Waals surface area contributed by atoms with E-state index in [4.69, 9.17) is 4.42 Å². The number of carbonyl (C=O) groups is 1. The number of anilines is 2. The van der Waals surface area contributed by atoms with Gasteiger partial charge in [0.15, 0.2) is 0 Å². The molecule has 0 saturated heterocycles. The molecule has 0 unspecified atom stereocenters. The lowest BCUT2D eigenvalue weighted by molar-refractivity contribution is -0.115. The molecule has 2 heterocycles. The lowest BCUT2D eigenvalue weighted by Crippen LogP contribution is -2.14. The molecule has 30 heavy (non-hydrogen) atoms. The van der Waals surface area contributed by atoms with Crippen molar-refractivity contribution in [2.24, 2.45) is 5.10 Å². The first kappa shape index (κ1) is 19.6. The zero-order valence-electron chi connectivity index (χ0n) is 16.3. The minimum absolute atomic E-state index is 0.0937. The van der Waals surface area contributed by atoms with E-state index in [1.54, 1.807) is 24.6 Å². The fourth-order valence-corrected chi connectivity index (χ4v) is 3.68. The van der Waals surface area contributed by atoms with Crippen LogP contribution < -0.4 is 10.7 Å². The van der Waals surface area contributed by atoms with Gasteiger partial charge in [0.25, 0.3) is 0 Å². The maximum atomic E-state index is 12.6. The molecule has 0 aliphatic carbocycles. The van der Waals surface area contributed by atoms with E-state index in [0.29, 0.717) is 28.0 Å². The first-order valence-electron chi connectivity index (χ1n) is 9.41. The van der Waals surface area contributed by atoms with Crippen molar-refractivity contribution in [1.29, 1.82) is 0 Å². The summed E-state index contributed by atoms with van der Waals surface area (Å²) in [6, 6.07) is 21.3. The monoisotopic (exact) mass is 416 g/mol. The zero-order valence-corrected chi connectivity index (χ0v) is 17.1.